The number of nitrogens with zero attached hydrogens (tertiary/aromatic N) is 2. The topological polar surface area (TPSA) is 144 Å². The van der Waals surface area contributed by atoms with Gasteiger partial charge in [-0.15, -0.1) is 0 Å². The van der Waals surface area contributed by atoms with Crippen molar-refractivity contribution in [3.63, 3.8) is 0 Å². The van der Waals surface area contributed by atoms with Crippen LogP contribution < -0.4 is 21.7 Å². The van der Waals surface area contributed by atoms with Gasteiger partial charge in [0.25, 0.3) is 0 Å². The molecule has 248 valence electrons. The van der Waals surface area contributed by atoms with Crippen molar-refractivity contribution in [2.45, 2.75) is 51.1 Å². The number of ether oxygens (including phenoxy) is 1. The summed E-state index contributed by atoms with van der Waals surface area (Å²) in [5.74, 6) is 1.13. The van der Waals surface area contributed by atoms with Gasteiger partial charge in [0.05, 0.1) is 6.20 Å². The fourth-order valence-electron chi connectivity index (χ4n) is 5.80. The highest BCUT2D eigenvalue weighted by Crippen LogP contribution is 2.44. The van der Waals surface area contributed by atoms with Gasteiger partial charge in [0.1, 0.15) is 18.7 Å². The Kier molecular flexibility index (Phi) is 12.5. The number of aromatic nitrogens is 1. The zero-order valence-corrected chi connectivity index (χ0v) is 28.0. The number of alkyl carbamates (subject to hydrolysis) is 1. The molecule has 10 nitrogen and oxygen atoms in total. The van der Waals surface area contributed by atoms with Crippen molar-refractivity contribution in [1.82, 2.24) is 20.9 Å². The summed E-state index contributed by atoms with van der Waals surface area (Å²) in [4.78, 5) is 35.4. The van der Waals surface area contributed by atoms with Crippen molar-refractivity contribution in [3.05, 3.63) is 102 Å². The van der Waals surface area contributed by atoms with Crippen LogP contribution in [0, 0.1) is 5.92 Å². The largest absolute Gasteiger partial charge is 0.449 e. The molecule has 0 fully saturated rings. The molecule has 0 unspecified atom stereocenters. The minimum absolute atomic E-state index is 0. The molecule has 11 heteroatoms. The van der Waals surface area contributed by atoms with Crippen LogP contribution in [0.4, 0.5) is 4.79 Å². The highest BCUT2D eigenvalue weighted by molar-refractivity contribution is 7.59. The molecule has 1 aliphatic carbocycles. The highest BCUT2D eigenvalue weighted by atomic mass is 32.1. The monoisotopic (exact) mass is 656 g/mol. The molecule has 2 amide bonds. The summed E-state index contributed by atoms with van der Waals surface area (Å²) in [6.45, 7) is 4.76. The van der Waals surface area contributed by atoms with Crippen LogP contribution in [0.25, 0.3) is 22.5 Å². The molecule has 0 spiro atoms. The summed E-state index contributed by atoms with van der Waals surface area (Å²) < 4.78 is 11.9. The van der Waals surface area contributed by atoms with E-state index in [9.17, 15) is 9.59 Å². The maximum atomic E-state index is 13.8. The molecule has 0 saturated heterocycles. The number of hydrogen-bond acceptors (Lipinski definition) is 6. The van der Waals surface area contributed by atoms with E-state index in [-0.39, 0.29) is 37.8 Å². The van der Waals surface area contributed by atoms with E-state index >= 15 is 0 Å². The van der Waals surface area contributed by atoms with Gasteiger partial charge < -0.3 is 30.8 Å². The van der Waals surface area contributed by atoms with Crippen molar-refractivity contribution in [3.8, 4) is 22.5 Å². The number of aliphatic imine (C=N–C) groups is 1. The molecule has 0 saturated carbocycles. The first kappa shape index (κ1) is 35.1. The summed E-state index contributed by atoms with van der Waals surface area (Å²) in [5.41, 5.74) is 11.2. The normalized spacial score (nSPS) is 13.6. The van der Waals surface area contributed by atoms with Crippen molar-refractivity contribution >= 4 is 31.5 Å². The lowest BCUT2D eigenvalue weighted by molar-refractivity contribution is -0.124. The number of oxazole rings is 1. The number of benzene rings is 3. The lowest BCUT2D eigenvalue weighted by atomic mass is 9.98. The zero-order valence-electron chi connectivity index (χ0n) is 27.0. The summed E-state index contributed by atoms with van der Waals surface area (Å²) >= 11 is 0. The molecular formula is C36H44N6O4S. The Bertz CT molecular complexity index is 1610. The molecule has 1 aliphatic rings. The van der Waals surface area contributed by atoms with Crippen LogP contribution in [-0.4, -0.2) is 49.2 Å². The van der Waals surface area contributed by atoms with Gasteiger partial charge in [-0.25, -0.2) is 9.78 Å². The van der Waals surface area contributed by atoms with Crippen LogP contribution in [0.5, 0.6) is 0 Å². The number of guanidine groups is 1. The van der Waals surface area contributed by atoms with Crippen LogP contribution in [0.1, 0.15) is 62.1 Å². The third kappa shape index (κ3) is 8.94. The lowest BCUT2D eigenvalue weighted by Crippen LogP contribution is -2.48. The predicted molar refractivity (Wildman–Crippen MR) is 189 cm³/mol. The molecule has 2 atom stereocenters. The molecule has 47 heavy (non-hydrogen) atoms. The number of nitrogens with two attached hydrogens (primary N) is 1. The van der Waals surface area contributed by atoms with Crippen LogP contribution in [0.2, 0.25) is 0 Å². The smallest absolute Gasteiger partial charge is 0.407 e. The number of fused-ring (bicyclic) bond motifs is 3. The second-order valence-corrected chi connectivity index (χ2v) is 11.8. The SMILES string of the molecule is CN=C(N)NCCC[C@@H](NC(=O)OCC1c2ccccc2-c2ccccc21)C(=O)N[C@@H](CC(C)C)c1ncc(-c2ccccc2)o1.S. The van der Waals surface area contributed by atoms with Crippen LogP contribution >= 0.6 is 13.5 Å². The summed E-state index contributed by atoms with van der Waals surface area (Å²) in [6.07, 6.45) is 2.50. The minimum Gasteiger partial charge on any atom is -0.449 e. The second-order valence-electron chi connectivity index (χ2n) is 11.8. The van der Waals surface area contributed by atoms with Gasteiger partial charge in [0.15, 0.2) is 11.7 Å². The fourth-order valence-corrected chi connectivity index (χ4v) is 5.80. The fraction of sp³-hybridized carbons (Fsp3) is 0.333. The quantitative estimate of drug-likeness (QED) is 0.0800. The van der Waals surface area contributed by atoms with Gasteiger partial charge in [0.2, 0.25) is 11.8 Å². The van der Waals surface area contributed by atoms with E-state index in [1.54, 1.807) is 13.2 Å². The van der Waals surface area contributed by atoms with E-state index in [0.29, 0.717) is 43.4 Å². The number of amides is 2. The molecule has 0 bridgehead atoms. The first-order valence-corrected chi connectivity index (χ1v) is 15.7. The Balaban J connectivity index is 0.00000500. The third-order valence-electron chi connectivity index (χ3n) is 8.07. The average Bonchev–Trinajstić information content (AvgIpc) is 3.69. The lowest BCUT2D eigenvalue weighted by Gasteiger charge is -2.23. The Morgan fingerprint density at radius 1 is 0.957 bits per heavy atom. The number of carbonyl (C=O) groups is 2. The van der Waals surface area contributed by atoms with Crippen molar-refractivity contribution < 1.29 is 18.7 Å². The molecule has 1 aromatic heterocycles. The maximum absolute atomic E-state index is 13.8. The molecule has 5 rings (SSSR count). The number of carbonyl (C=O) groups excluding carboxylic acids is 2. The average molecular weight is 657 g/mol. The number of rotatable bonds is 13. The molecule has 4 aromatic rings. The van der Waals surface area contributed by atoms with Gasteiger partial charge in [-0.3, -0.25) is 9.79 Å². The van der Waals surface area contributed by atoms with Gasteiger partial charge in [-0.05, 0) is 47.4 Å². The number of hydrogen-bond donors (Lipinski definition) is 4. The Hall–Kier alpha value is -4.77. The minimum atomic E-state index is -0.865. The van der Waals surface area contributed by atoms with Gasteiger partial charge >= 0.3 is 6.09 Å². The molecule has 3 aromatic carbocycles. The van der Waals surface area contributed by atoms with E-state index < -0.39 is 18.2 Å². The van der Waals surface area contributed by atoms with E-state index in [1.807, 2.05) is 54.6 Å². The molecule has 5 N–H and O–H groups in total. The molecular weight excluding hydrogens is 613 g/mol. The van der Waals surface area contributed by atoms with Crippen molar-refractivity contribution in [2.75, 3.05) is 20.2 Å². The van der Waals surface area contributed by atoms with Crippen molar-refractivity contribution in [2.24, 2.45) is 16.6 Å². The maximum Gasteiger partial charge on any atom is 0.407 e. The van der Waals surface area contributed by atoms with Crippen LogP contribution in [0.15, 0.2) is 94.5 Å². The second kappa shape index (κ2) is 16.7. The first-order chi connectivity index (χ1) is 22.3. The Morgan fingerprint density at radius 3 is 2.23 bits per heavy atom. The van der Waals surface area contributed by atoms with E-state index in [2.05, 4.69) is 64.0 Å². The highest BCUT2D eigenvalue weighted by Gasteiger charge is 2.31. The Labute approximate surface area is 283 Å². The van der Waals surface area contributed by atoms with E-state index in [4.69, 9.17) is 14.9 Å². The standard InChI is InChI=1S/C36H42N6O4.H2S/c1-23(2)20-31(34-40-21-32(46-34)24-12-5-4-6-13-24)41-33(43)30(18-11-19-39-35(37)38-3)42-36(44)45-22-29-27-16-9-7-14-25(27)26-15-8-10-17-28(26)29;/h4-10,12-17,21,23,29-31H,11,18-20,22H2,1-3H3,(H,41,43)(H,42,44)(H3,37,38,39);1H2/t30-,31+;/m1./s1. The summed E-state index contributed by atoms with van der Waals surface area (Å²) in [5, 5.41) is 8.90. The third-order valence-corrected chi connectivity index (χ3v) is 8.07. The number of nitrogens with one attached hydrogen (secondary N) is 3. The zero-order chi connectivity index (χ0) is 32.5. The van der Waals surface area contributed by atoms with E-state index in [0.717, 1.165) is 27.8 Å². The van der Waals surface area contributed by atoms with Crippen LogP contribution in [0.3, 0.4) is 0 Å². The Morgan fingerprint density at radius 2 is 1.60 bits per heavy atom. The van der Waals surface area contributed by atoms with E-state index in [1.165, 1.54) is 0 Å². The molecule has 0 radical (unpaired) electrons. The van der Waals surface area contributed by atoms with Crippen molar-refractivity contribution in [1.29, 1.82) is 0 Å². The van der Waals surface area contributed by atoms with Gasteiger partial charge in [0, 0.05) is 25.1 Å². The van der Waals surface area contributed by atoms with Gasteiger partial charge in [-0.1, -0.05) is 92.7 Å². The molecule has 1 heterocycles. The van der Waals surface area contributed by atoms with Gasteiger partial charge in [-0.2, -0.15) is 13.5 Å². The predicted octanol–water partition coefficient (Wildman–Crippen LogP) is 5.88. The first-order valence-electron chi connectivity index (χ1n) is 15.7. The van der Waals surface area contributed by atoms with Crippen LogP contribution in [-0.2, 0) is 9.53 Å². The summed E-state index contributed by atoms with van der Waals surface area (Å²) in [6, 6.07) is 24.6. The molecule has 0 aliphatic heterocycles. The summed E-state index contributed by atoms with van der Waals surface area (Å²) in [7, 11) is 1.60.